The van der Waals surface area contributed by atoms with Gasteiger partial charge in [-0.25, -0.2) is 9.37 Å². The Labute approximate surface area is 141 Å². The van der Waals surface area contributed by atoms with Crippen LogP contribution in [0.25, 0.3) is 17.1 Å². The third kappa shape index (κ3) is 2.57. The van der Waals surface area contributed by atoms with Crippen LogP contribution in [-0.4, -0.2) is 9.38 Å². The van der Waals surface area contributed by atoms with Gasteiger partial charge in [0.2, 0.25) is 0 Å². The van der Waals surface area contributed by atoms with Crippen molar-refractivity contribution in [1.82, 2.24) is 9.38 Å². The van der Waals surface area contributed by atoms with E-state index in [2.05, 4.69) is 15.2 Å². The van der Waals surface area contributed by atoms with Crippen LogP contribution in [0.5, 0.6) is 0 Å². The first-order chi connectivity index (χ1) is 11.7. The lowest BCUT2D eigenvalue weighted by Gasteiger charge is -1.98. The number of aromatic nitrogens is 2. The van der Waals surface area contributed by atoms with Crippen molar-refractivity contribution in [2.24, 2.45) is 10.2 Å². The molecule has 0 unspecified atom stereocenters. The Morgan fingerprint density at radius 2 is 1.92 bits per heavy atom. The molecule has 0 bridgehead atoms. The summed E-state index contributed by atoms with van der Waals surface area (Å²) >= 11 is 6.06. The van der Waals surface area contributed by atoms with E-state index in [4.69, 9.17) is 16.0 Å². The largest absolute Gasteiger partial charge is 0.463 e. The maximum absolute atomic E-state index is 13.8. The molecule has 0 aliphatic heterocycles. The van der Waals surface area contributed by atoms with Gasteiger partial charge in [0.1, 0.15) is 11.3 Å². The zero-order valence-corrected chi connectivity index (χ0v) is 13.0. The van der Waals surface area contributed by atoms with Gasteiger partial charge in [0, 0.05) is 6.20 Å². The van der Waals surface area contributed by atoms with Crippen LogP contribution < -0.4 is 0 Å². The zero-order valence-electron chi connectivity index (χ0n) is 12.2. The van der Waals surface area contributed by atoms with Crippen molar-refractivity contribution >= 4 is 28.8 Å². The molecule has 0 saturated carbocycles. The van der Waals surface area contributed by atoms with Crippen LogP contribution in [0.2, 0.25) is 5.02 Å². The Hall–Kier alpha value is -2.99. The molecule has 0 fully saturated rings. The highest BCUT2D eigenvalue weighted by molar-refractivity contribution is 6.30. The van der Waals surface area contributed by atoms with Crippen LogP contribution in [-0.2, 0) is 0 Å². The van der Waals surface area contributed by atoms with Gasteiger partial charge in [0.25, 0.3) is 0 Å². The molecule has 0 atom stereocenters. The number of imidazole rings is 1. The second-order valence-electron chi connectivity index (χ2n) is 4.99. The highest BCUT2D eigenvalue weighted by Gasteiger charge is 2.16. The summed E-state index contributed by atoms with van der Waals surface area (Å²) in [4.78, 5) is 4.49. The van der Waals surface area contributed by atoms with Gasteiger partial charge in [-0.1, -0.05) is 23.7 Å². The number of benzene rings is 1. The van der Waals surface area contributed by atoms with E-state index >= 15 is 0 Å². The van der Waals surface area contributed by atoms with E-state index in [1.165, 1.54) is 6.07 Å². The van der Waals surface area contributed by atoms with Crippen LogP contribution in [0.3, 0.4) is 0 Å². The number of nitrogens with zero attached hydrogens (tertiary/aromatic N) is 4. The topological polar surface area (TPSA) is 55.2 Å². The summed E-state index contributed by atoms with van der Waals surface area (Å²) < 4.78 is 20.9. The predicted octanol–water partition coefficient (Wildman–Crippen LogP) is 5.80. The maximum Gasteiger partial charge on any atom is 0.190 e. The molecular formula is C17H10ClFN4O. The lowest BCUT2D eigenvalue weighted by Crippen LogP contribution is -1.83. The second kappa shape index (κ2) is 5.90. The van der Waals surface area contributed by atoms with Gasteiger partial charge < -0.3 is 4.42 Å². The molecule has 5 nitrogen and oxygen atoms in total. The van der Waals surface area contributed by atoms with E-state index in [0.29, 0.717) is 27.9 Å². The minimum absolute atomic E-state index is 0.139. The number of halogens is 2. The Bertz CT molecular complexity index is 1040. The minimum atomic E-state index is -0.451. The minimum Gasteiger partial charge on any atom is -0.463 e. The third-order valence-electron chi connectivity index (χ3n) is 3.42. The average Bonchev–Trinajstić information content (AvgIpc) is 3.21. The predicted molar refractivity (Wildman–Crippen MR) is 88.5 cm³/mol. The molecule has 0 N–H and O–H groups in total. The van der Waals surface area contributed by atoms with E-state index < -0.39 is 5.82 Å². The molecule has 1 aromatic carbocycles. The standard InChI is InChI=1S/C17H10ClFN4O/c18-11-7-8-15-20-16(14-6-3-9-24-14)17(23(15)10-11)22-21-13-5-2-1-4-12(13)19/h1-10H. The summed E-state index contributed by atoms with van der Waals surface area (Å²) in [5.74, 6) is 0.496. The number of hydrogen-bond donors (Lipinski definition) is 0. The quantitative estimate of drug-likeness (QED) is 0.442. The van der Waals surface area contributed by atoms with Crippen LogP contribution in [0.4, 0.5) is 15.9 Å². The van der Waals surface area contributed by atoms with Crippen molar-refractivity contribution in [3.05, 3.63) is 71.8 Å². The molecule has 24 heavy (non-hydrogen) atoms. The average molecular weight is 341 g/mol. The summed E-state index contributed by atoms with van der Waals surface area (Å²) in [6.07, 6.45) is 3.22. The van der Waals surface area contributed by atoms with Gasteiger partial charge >= 0.3 is 0 Å². The van der Waals surface area contributed by atoms with Gasteiger partial charge in [0.15, 0.2) is 23.1 Å². The summed E-state index contributed by atoms with van der Waals surface area (Å²) in [6, 6.07) is 13.2. The van der Waals surface area contributed by atoms with E-state index in [1.807, 2.05) is 0 Å². The second-order valence-corrected chi connectivity index (χ2v) is 5.42. The van der Waals surface area contributed by atoms with Crippen LogP contribution in [0, 0.1) is 5.82 Å². The van der Waals surface area contributed by atoms with Crippen LogP contribution >= 0.6 is 11.6 Å². The molecule has 0 amide bonds. The number of fused-ring (bicyclic) bond motifs is 1. The van der Waals surface area contributed by atoms with Crippen LogP contribution in [0.15, 0.2) is 75.6 Å². The van der Waals surface area contributed by atoms with Crippen molar-refractivity contribution in [1.29, 1.82) is 0 Å². The molecule has 4 rings (SSSR count). The molecule has 3 heterocycles. The first-order valence-corrected chi connectivity index (χ1v) is 7.48. The van der Waals surface area contributed by atoms with Crippen molar-refractivity contribution < 1.29 is 8.81 Å². The normalized spacial score (nSPS) is 11.6. The van der Waals surface area contributed by atoms with Crippen molar-refractivity contribution in [2.75, 3.05) is 0 Å². The molecule has 0 saturated heterocycles. The Morgan fingerprint density at radius 1 is 1.04 bits per heavy atom. The number of furan rings is 1. The third-order valence-corrected chi connectivity index (χ3v) is 3.64. The first-order valence-electron chi connectivity index (χ1n) is 7.10. The fourth-order valence-electron chi connectivity index (χ4n) is 2.31. The lowest BCUT2D eigenvalue weighted by atomic mass is 10.3. The molecule has 7 heteroatoms. The van der Waals surface area contributed by atoms with Gasteiger partial charge in [-0.3, -0.25) is 4.40 Å². The van der Waals surface area contributed by atoms with Gasteiger partial charge in [-0.2, -0.15) is 0 Å². The SMILES string of the molecule is Fc1ccccc1N=Nc1c(-c2ccco2)nc2ccc(Cl)cn12. The Morgan fingerprint density at radius 3 is 2.71 bits per heavy atom. The van der Waals surface area contributed by atoms with Crippen molar-refractivity contribution in [3.63, 3.8) is 0 Å². The molecular weight excluding hydrogens is 331 g/mol. The van der Waals surface area contributed by atoms with Crippen LogP contribution in [0.1, 0.15) is 0 Å². The first kappa shape index (κ1) is 14.6. The highest BCUT2D eigenvalue weighted by Crippen LogP contribution is 2.33. The zero-order chi connectivity index (χ0) is 16.5. The van der Waals surface area contributed by atoms with E-state index in [9.17, 15) is 4.39 Å². The maximum atomic E-state index is 13.8. The summed E-state index contributed by atoms with van der Waals surface area (Å²) in [6.45, 7) is 0. The van der Waals surface area contributed by atoms with Crippen molar-refractivity contribution in [3.8, 4) is 11.5 Å². The summed E-state index contributed by atoms with van der Waals surface area (Å²) in [5, 5.41) is 8.71. The molecule has 0 aliphatic rings. The Kier molecular flexibility index (Phi) is 3.59. The Balaban J connectivity index is 1.90. The number of pyridine rings is 1. The van der Waals surface area contributed by atoms with E-state index in [0.717, 1.165) is 0 Å². The van der Waals surface area contributed by atoms with Gasteiger partial charge in [-0.15, -0.1) is 10.2 Å². The highest BCUT2D eigenvalue weighted by atomic mass is 35.5. The molecule has 118 valence electrons. The molecule has 3 aromatic heterocycles. The molecule has 0 spiro atoms. The fourth-order valence-corrected chi connectivity index (χ4v) is 2.48. The number of azo groups is 1. The monoisotopic (exact) mass is 340 g/mol. The van der Waals surface area contributed by atoms with Crippen molar-refractivity contribution in [2.45, 2.75) is 0 Å². The van der Waals surface area contributed by atoms with E-state index in [-0.39, 0.29) is 5.69 Å². The smallest absolute Gasteiger partial charge is 0.190 e. The van der Waals surface area contributed by atoms with E-state index in [1.54, 1.807) is 59.3 Å². The molecule has 0 aliphatic carbocycles. The molecule has 0 radical (unpaired) electrons. The fraction of sp³-hybridized carbons (Fsp3) is 0. The summed E-state index contributed by atoms with van der Waals surface area (Å²) in [5.41, 5.74) is 1.27. The summed E-state index contributed by atoms with van der Waals surface area (Å²) in [7, 11) is 0. The number of rotatable bonds is 3. The van der Waals surface area contributed by atoms with Gasteiger partial charge in [0.05, 0.1) is 11.3 Å². The number of hydrogen-bond acceptors (Lipinski definition) is 4. The molecule has 4 aromatic rings. The lowest BCUT2D eigenvalue weighted by molar-refractivity contribution is 0.580. The van der Waals surface area contributed by atoms with Gasteiger partial charge in [-0.05, 0) is 36.4 Å².